The number of hydrogen-bond acceptors (Lipinski definition) is 4. The lowest BCUT2D eigenvalue weighted by atomic mass is 10.0. The molecular weight excluding hydrogens is 328 g/mol. The number of para-hydroxylation sites is 2. The van der Waals surface area contributed by atoms with E-state index < -0.39 is 6.10 Å². The minimum Gasteiger partial charge on any atom is -0.488 e. The van der Waals surface area contributed by atoms with Crippen LogP contribution in [-0.4, -0.2) is 23.8 Å². The van der Waals surface area contributed by atoms with Crippen LogP contribution in [0.2, 0.25) is 0 Å². The van der Waals surface area contributed by atoms with Crippen molar-refractivity contribution in [1.29, 1.82) is 0 Å². The number of ether oxygens (including phenoxy) is 1. The van der Waals surface area contributed by atoms with Crippen LogP contribution in [0, 0.1) is 0 Å². The molecule has 2 aromatic rings. The number of anilines is 1. The molecule has 1 aliphatic heterocycles. The first-order valence-corrected chi connectivity index (χ1v) is 9.14. The Morgan fingerprint density at radius 1 is 1.04 bits per heavy atom. The van der Waals surface area contributed by atoms with Gasteiger partial charge >= 0.3 is 0 Å². The summed E-state index contributed by atoms with van der Waals surface area (Å²) in [7, 11) is 0. The van der Waals surface area contributed by atoms with Crippen LogP contribution >= 0.6 is 0 Å². The Balaban J connectivity index is 1.40. The molecule has 0 spiro atoms. The number of rotatable bonds is 5. The molecule has 4 rings (SSSR count). The van der Waals surface area contributed by atoms with E-state index in [4.69, 9.17) is 9.57 Å². The lowest BCUT2D eigenvalue weighted by Gasteiger charge is -2.17. The number of hydrogen-bond donors (Lipinski definition) is 1. The zero-order valence-electron chi connectivity index (χ0n) is 14.6. The van der Waals surface area contributed by atoms with Gasteiger partial charge in [-0.3, -0.25) is 4.79 Å². The van der Waals surface area contributed by atoms with Crippen LogP contribution in [0.3, 0.4) is 0 Å². The highest BCUT2D eigenvalue weighted by atomic mass is 16.6. The van der Waals surface area contributed by atoms with E-state index in [0.717, 1.165) is 29.9 Å². The third-order valence-electron chi connectivity index (χ3n) is 4.81. The predicted octanol–water partition coefficient (Wildman–Crippen LogP) is 4.14. The molecule has 1 N–H and O–H groups in total. The summed E-state index contributed by atoms with van der Waals surface area (Å²) in [5.74, 6) is 0.511. The number of carbonyl (C=O) groups excluding carboxylic acids is 1. The molecule has 0 saturated heterocycles. The fourth-order valence-corrected chi connectivity index (χ4v) is 3.39. The van der Waals surface area contributed by atoms with Crippen LogP contribution in [0.15, 0.2) is 59.8 Å². The van der Waals surface area contributed by atoms with Gasteiger partial charge in [0.2, 0.25) is 6.10 Å². The fraction of sp³-hybridized carbons (Fsp3) is 0.333. The van der Waals surface area contributed by atoms with Crippen molar-refractivity contribution in [2.24, 2.45) is 5.16 Å². The third-order valence-corrected chi connectivity index (χ3v) is 4.81. The topological polar surface area (TPSA) is 59.9 Å². The van der Waals surface area contributed by atoms with E-state index in [9.17, 15) is 4.79 Å². The van der Waals surface area contributed by atoms with E-state index in [1.165, 1.54) is 12.8 Å². The van der Waals surface area contributed by atoms with Crippen molar-refractivity contribution in [2.75, 3.05) is 5.32 Å². The second kappa shape index (κ2) is 7.60. The summed E-state index contributed by atoms with van der Waals surface area (Å²) in [6.45, 7) is 0. The molecule has 2 aliphatic rings. The molecule has 0 radical (unpaired) electrons. The highest BCUT2D eigenvalue weighted by molar-refractivity contribution is 6.06. The summed E-state index contributed by atoms with van der Waals surface area (Å²) < 4.78 is 6.08. The number of nitrogens with one attached hydrogen (secondary N) is 1. The second-order valence-electron chi connectivity index (χ2n) is 6.71. The number of amides is 1. The number of nitrogens with zero attached hydrogens (tertiary/aromatic N) is 1. The number of carbonyl (C=O) groups is 1. The van der Waals surface area contributed by atoms with Crippen LogP contribution in [0.25, 0.3) is 0 Å². The minimum atomic E-state index is -0.621. The standard InChI is InChI=1S/C21H22N2O3/c24-21(20-14-18(23-26-20)15-8-2-1-3-9-15)22-17-12-6-7-13-19(17)25-16-10-4-5-11-16/h1-3,6-9,12-13,16,20H,4-5,10-11,14H2,(H,22,24)/t20-/m0/s1. The first-order chi connectivity index (χ1) is 12.8. The summed E-state index contributed by atoms with van der Waals surface area (Å²) in [4.78, 5) is 18.0. The summed E-state index contributed by atoms with van der Waals surface area (Å²) in [6, 6.07) is 17.3. The summed E-state index contributed by atoms with van der Waals surface area (Å²) >= 11 is 0. The Kier molecular flexibility index (Phi) is 4.86. The van der Waals surface area contributed by atoms with Gasteiger partial charge in [-0.1, -0.05) is 47.6 Å². The summed E-state index contributed by atoms with van der Waals surface area (Å²) in [6.07, 6.45) is 4.63. The van der Waals surface area contributed by atoms with Gasteiger partial charge in [0.05, 0.1) is 17.5 Å². The van der Waals surface area contributed by atoms with Crippen molar-refractivity contribution in [3.8, 4) is 5.75 Å². The average Bonchev–Trinajstić information content (AvgIpc) is 3.36. The molecule has 0 unspecified atom stereocenters. The van der Waals surface area contributed by atoms with Crippen LogP contribution in [0.4, 0.5) is 5.69 Å². The molecule has 1 atom stereocenters. The van der Waals surface area contributed by atoms with Gasteiger partial charge in [-0.2, -0.15) is 0 Å². The Morgan fingerprint density at radius 2 is 1.77 bits per heavy atom. The van der Waals surface area contributed by atoms with E-state index in [0.29, 0.717) is 12.1 Å². The zero-order chi connectivity index (χ0) is 17.8. The minimum absolute atomic E-state index is 0.206. The van der Waals surface area contributed by atoms with E-state index in [1.54, 1.807) is 0 Å². The van der Waals surface area contributed by atoms with Gasteiger partial charge < -0.3 is 14.9 Å². The van der Waals surface area contributed by atoms with Crippen LogP contribution in [-0.2, 0) is 9.63 Å². The maximum absolute atomic E-state index is 12.6. The van der Waals surface area contributed by atoms with Crippen molar-refractivity contribution in [3.63, 3.8) is 0 Å². The predicted molar refractivity (Wildman–Crippen MR) is 100 cm³/mol. The third kappa shape index (κ3) is 3.72. The van der Waals surface area contributed by atoms with Gasteiger partial charge in [0, 0.05) is 6.42 Å². The zero-order valence-corrected chi connectivity index (χ0v) is 14.6. The second-order valence-corrected chi connectivity index (χ2v) is 6.71. The van der Waals surface area contributed by atoms with Crippen LogP contribution in [0.1, 0.15) is 37.7 Å². The van der Waals surface area contributed by atoms with Crippen molar-refractivity contribution < 1.29 is 14.4 Å². The van der Waals surface area contributed by atoms with Gasteiger partial charge in [-0.25, -0.2) is 0 Å². The van der Waals surface area contributed by atoms with Gasteiger partial charge in [0.15, 0.2) is 0 Å². The number of oxime groups is 1. The molecule has 26 heavy (non-hydrogen) atoms. The Hall–Kier alpha value is -2.82. The molecule has 5 heteroatoms. The molecule has 1 saturated carbocycles. The molecule has 2 aromatic carbocycles. The van der Waals surface area contributed by atoms with E-state index >= 15 is 0 Å². The molecule has 134 valence electrons. The van der Waals surface area contributed by atoms with Gasteiger partial charge in [-0.05, 0) is 43.4 Å². The van der Waals surface area contributed by atoms with E-state index in [2.05, 4.69) is 10.5 Å². The molecular formula is C21H22N2O3. The van der Waals surface area contributed by atoms with Crippen molar-refractivity contribution in [2.45, 2.75) is 44.3 Å². The average molecular weight is 350 g/mol. The Labute approximate surface area is 153 Å². The normalized spacial score (nSPS) is 19.7. The van der Waals surface area contributed by atoms with E-state index in [-0.39, 0.29) is 12.0 Å². The maximum Gasteiger partial charge on any atom is 0.268 e. The fourth-order valence-electron chi connectivity index (χ4n) is 3.39. The van der Waals surface area contributed by atoms with Crippen molar-refractivity contribution in [3.05, 3.63) is 60.2 Å². The maximum atomic E-state index is 12.6. The monoisotopic (exact) mass is 350 g/mol. The number of benzene rings is 2. The van der Waals surface area contributed by atoms with Gasteiger partial charge in [-0.15, -0.1) is 0 Å². The molecule has 0 aromatic heterocycles. The summed E-state index contributed by atoms with van der Waals surface area (Å²) in [5, 5.41) is 7.02. The Bertz CT molecular complexity index is 798. The lowest BCUT2D eigenvalue weighted by molar-refractivity contribution is -0.125. The lowest BCUT2D eigenvalue weighted by Crippen LogP contribution is -2.28. The van der Waals surface area contributed by atoms with Crippen molar-refractivity contribution >= 4 is 17.3 Å². The Morgan fingerprint density at radius 3 is 2.58 bits per heavy atom. The highest BCUT2D eigenvalue weighted by Crippen LogP contribution is 2.30. The molecule has 1 fully saturated rings. The SMILES string of the molecule is O=C(Nc1ccccc1OC1CCCC1)[C@@H]1CC(c2ccccc2)=NO1. The molecule has 1 heterocycles. The summed E-state index contributed by atoms with van der Waals surface area (Å²) in [5.41, 5.74) is 2.45. The first-order valence-electron chi connectivity index (χ1n) is 9.14. The largest absolute Gasteiger partial charge is 0.488 e. The van der Waals surface area contributed by atoms with Crippen LogP contribution in [0.5, 0.6) is 5.75 Å². The molecule has 1 aliphatic carbocycles. The van der Waals surface area contributed by atoms with Crippen LogP contribution < -0.4 is 10.1 Å². The van der Waals surface area contributed by atoms with Gasteiger partial charge in [0.25, 0.3) is 5.91 Å². The quantitative estimate of drug-likeness (QED) is 0.882. The van der Waals surface area contributed by atoms with E-state index in [1.807, 2.05) is 54.6 Å². The molecule has 5 nitrogen and oxygen atoms in total. The highest BCUT2D eigenvalue weighted by Gasteiger charge is 2.29. The first kappa shape index (κ1) is 16.6. The molecule has 0 bridgehead atoms. The smallest absolute Gasteiger partial charge is 0.268 e. The van der Waals surface area contributed by atoms with Gasteiger partial charge in [0.1, 0.15) is 5.75 Å². The van der Waals surface area contributed by atoms with Crippen molar-refractivity contribution in [1.82, 2.24) is 0 Å². The molecule has 1 amide bonds.